The summed E-state index contributed by atoms with van der Waals surface area (Å²) in [6.45, 7) is 1.70. The summed E-state index contributed by atoms with van der Waals surface area (Å²) in [6, 6.07) is 11.9. The molecule has 100 valence electrons. The lowest BCUT2D eigenvalue weighted by Crippen LogP contribution is -1.99. The molecule has 4 nitrogen and oxygen atoms in total. The highest BCUT2D eigenvalue weighted by Crippen LogP contribution is 2.28. The van der Waals surface area contributed by atoms with Gasteiger partial charge in [-0.05, 0) is 48.9 Å². The molecule has 0 saturated carbocycles. The van der Waals surface area contributed by atoms with Crippen molar-refractivity contribution in [2.24, 2.45) is 0 Å². The number of rotatable bonds is 3. The molecular formula is C15H10BrNO3. The van der Waals surface area contributed by atoms with E-state index in [1.807, 2.05) is 0 Å². The van der Waals surface area contributed by atoms with E-state index in [-0.39, 0.29) is 5.56 Å². The summed E-state index contributed by atoms with van der Waals surface area (Å²) in [5.41, 5.74) is 1.23. The third-order valence-corrected chi connectivity index (χ3v) is 3.21. The second-order valence-electron chi connectivity index (χ2n) is 4.14. The van der Waals surface area contributed by atoms with Crippen molar-refractivity contribution in [2.75, 3.05) is 0 Å². The molecule has 0 aliphatic rings. The van der Waals surface area contributed by atoms with Gasteiger partial charge in [0.15, 0.2) is 0 Å². The molecule has 0 amide bonds. The van der Waals surface area contributed by atoms with Crippen LogP contribution in [-0.2, 0) is 0 Å². The van der Waals surface area contributed by atoms with Crippen LogP contribution in [0.25, 0.3) is 0 Å². The van der Waals surface area contributed by atoms with Crippen LogP contribution >= 0.6 is 15.9 Å². The molecule has 0 fully saturated rings. The molecule has 0 spiro atoms. The Hall–Kier alpha value is -2.32. The minimum atomic E-state index is -0.976. The highest BCUT2D eigenvalue weighted by molar-refractivity contribution is 9.10. The number of aryl methyl sites for hydroxylation is 1. The smallest absolute Gasteiger partial charge is 0.335 e. The minimum absolute atomic E-state index is 0.230. The van der Waals surface area contributed by atoms with Gasteiger partial charge in [-0.1, -0.05) is 15.9 Å². The first-order chi connectivity index (χ1) is 9.51. The van der Waals surface area contributed by atoms with Crippen molar-refractivity contribution < 1.29 is 14.6 Å². The number of nitriles is 1. The first-order valence-corrected chi connectivity index (χ1v) is 6.52. The zero-order chi connectivity index (χ0) is 14.7. The van der Waals surface area contributed by atoms with Crippen LogP contribution in [0, 0.1) is 18.3 Å². The van der Waals surface area contributed by atoms with E-state index in [0.717, 1.165) is 4.47 Å². The second kappa shape index (κ2) is 5.76. The fourth-order valence-electron chi connectivity index (χ4n) is 1.75. The van der Waals surface area contributed by atoms with Crippen molar-refractivity contribution >= 4 is 21.9 Å². The van der Waals surface area contributed by atoms with Crippen LogP contribution in [-0.4, -0.2) is 11.1 Å². The molecule has 0 unspecified atom stereocenters. The van der Waals surface area contributed by atoms with Crippen LogP contribution in [0.1, 0.15) is 21.5 Å². The molecule has 2 aromatic rings. The van der Waals surface area contributed by atoms with Crippen molar-refractivity contribution in [3.05, 3.63) is 57.6 Å². The summed E-state index contributed by atoms with van der Waals surface area (Å²) in [5.74, 6) is -0.0556. The van der Waals surface area contributed by atoms with Crippen molar-refractivity contribution in [1.82, 2.24) is 0 Å². The predicted molar refractivity (Wildman–Crippen MR) is 77.1 cm³/mol. The molecular weight excluding hydrogens is 322 g/mol. The molecule has 0 aliphatic carbocycles. The number of nitrogens with zero attached hydrogens (tertiary/aromatic N) is 1. The highest BCUT2D eigenvalue weighted by atomic mass is 79.9. The van der Waals surface area contributed by atoms with Crippen molar-refractivity contribution in [2.45, 2.75) is 6.92 Å². The molecule has 0 atom stereocenters. The molecule has 0 bridgehead atoms. The Kier molecular flexibility index (Phi) is 4.06. The van der Waals surface area contributed by atoms with Gasteiger partial charge in [-0.3, -0.25) is 0 Å². The van der Waals surface area contributed by atoms with Gasteiger partial charge in [-0.25, -0.2) is 4.79 Å². The third-order valence-electron chi connectivity index (χ3n) is 2.72. The van der Waals surface area contributed by atoms with Crippen LogP contribution in [0.15, 0.2) is 40.9 Å². The first-order valence-electron chi connectivity index (χ1n) is 5.72. The molecule has 5 heteroatoms. The molecule has 0 heterocycles. The number of benzene rings is 2. The summed E-state index contributed by atoms with van der Waals surface area (Å²) in [4.78, 5) is 10.9. The number of carboxylic acids is 1. The van der Waals surface area contributed by atoms with Crippen LogP contribution in [0.3, 0.4) is 0 Å². The van der Waals surface area contributed by atoms with Crippen molar-refractivity contribution in [1.29, 1.82) is 5.26 Å². The summed E-state index contributed by atoms with van der Waals surface area (Å²) < 4.78 is 6.43. The van der Waals surface area contributed by atoms with Gasteiger partial charge in [-0.15, -0.1) is 0 Å². The van der Waals surface area contributed by atoms with Gasteiger partial charge in [0.05, 0.1) is 11.1 Å². The van der Waals surface area contributed by atoms with Crippen LogP contribution in [0.4, 0.5) is 0 Å². The van der Waals surface area contributed by atoms with Crippen molar-refractivity contribution in [3.63, 3.8) is 0 Å². The maximum absolute atomic E-state index is 10.9. The molecule has 2 rings (SSSR count). The van der Waals surface area contributed by atoms with Gasteiger partial charge in [0.25, 0.3) is 0 Å². The van der Waals surface area contributed by atoms with E-state index >= 15 is 0 Å². The second-order valence-corrected chi connectivity index (χ2v) is 5.05. The Balaban J connectivity index is 2.34. The third kappa shape index (κ3) is 2.98. The van der Waals surface area contributed by atoms with E-state index < -0.39 is 5.97 Å². The van der Waals surface area contributed by atoms with E-state index in [2.05, 4.69) is 22.0 Å². The van der Waals surface area contributed by atoms with Crippen LogP contribution in [0.2, 0.25) is 0 Å². The largest absolute Gasteiger partial charge is 0.478 e. The molecule has 0 saturated heterocycles. The molecule has 0 radical (unpaired) electrons. The fraction of sp³-hybridized carbons (Fsp3) is 0.0667. The van der Waals surface area contributed by atoms with Gasteiger partial charge in [0, 0.05) is 4.47 Å². The monoisotopic (exact) mass is 331 g/mol. The number of aromatic carboxylic acids is 1. The molecule has 20 heavy (non-hydrogen) atoms. The first kappa shape index (κ1) is 14.1. The van der Waals surface area contributed by atoms with E-state index in [0.29, 0.717) is 22.6 Å². The molecule has 1 N–H and O–H groups in total. The molecule has 2 aromatic carbocycles. The summed E-state index contributed by atoms with van der Waals surface area (Å²) in [6.07, 6.45) is 0. The molecule has 0 aliphatic heterocycles. The van der Waals surface area contributed by atoms with Crippen LogP contribution in [0.5, 0.6) is 11.5 Å². The number of hydrogen-bond donors (Lipinski definition) is 1. The van der Waals surface area contributed by atoms with Crippen LogP contribution < -0.4 is 4.74 Å². The lowest BCUT2D eigenvalue weighted by Gasteiger charge is -2.09. The van der Waals surface area contributed by atoms with Gasteiger partial charge < -0.3 is 9.84 Å². The number of halogens is 1. The van der Waals surface area contributed by atoms with Gasteiger partial charge in [0.1, 0.15) is 17.6 Å². The van der Waals surface area contributed by atoms with E-state index in [1.54, 1.807) is 37.3 Å². The summed E-state index contributed by atoms with van der Waals surface area (Å²) >= 11 is 3.29. The fourth-order valence-corrected chi connectivity index (χ4v) is 2.11. The Morgan fingerprint density at radius 3 is 2.65 bits per heavy atom. The Morgan fingerprint density at radius 2 is 2.05 bits per heavy atom. The SMILES string of the molecule is Cc1cc(Oc2ccc(Br)cc2C#N)ccc1C(=O)O. The average molecular weight is 332 g/mol. The number of carbonyl (C=O) groups is 1. The number of hydrogen-bond acceptors (Lipinski definition) is 3. The highest BCUT2D eigenvalue weighted by Gasteiger charge is 2.10. The van der Waals surface area contributed by atoms with Gasteiger partial charge in [0.2, 0.25) is 0 Å². The zero-order valence-corrected chi connectivity index (χ0v) is 12.1. The van der Waals surface area contributed by atoms with Gasteiger partial charge >= 0.3 is 5.97 Å². The Labute approximate surface area is 124 Å². The minimum Gasteiger partial charge on any atom is -0.478 e. The summed E-state index contributed by atoms with van der Waals surface area (Å²) in [5, 5.41) is 18.0. The van der Waals surface area contributed by atoms with E-state index in [1.165, 1.54) is 6.07 Å². The average Bonchev–Trinajstić information content (AvgIpc) is 2.40. The molecule has 0 aromatic heterocycles. The van der Waals surface area contributed by atoms with Crippen molar-refractivity contribution in [3.8, 4) is 17.6 Å². The maximum atomic E-state index is 10.9. The number of ether oxygens (including phenoxy) is 1. The van der Waals surface area contributed by atoms with E-state index in [4.69, 9.17) is 15.1 Å². The predicted octanol–water partition coefficient (Wildman–Crippen LogP) is 4.12. The Bertz CT molecular complexity index is 720. The quantitative estimate of drug-likeness (QED) is 0.918. The topological polar surface area (TPSA) is 70.3 Å². The maximum Gasteiger partial charge on any atom is 0.335 e. The summed E-state index contributed by atoms with van der Waals surface area (Å²) in [7, 11) is 0. The zero-order valence-electron chi connectivity index (χ0n) is 10.6. The standard InChI is InChI=1S/C15H10BrNO3/c1-9-6-12(3-4-13(9)15(18)19)20-14-5-2-11(16)7-10(14)8-17/h2-7H,1H3,(H,18,19). The lowest BCUT2D eigenvalue weighted by atomic mass is 10.1. The normalized spacial score (nSPS) is 9.85. The van der Waals surface area contributed by atoms with Gasteiger partial charge in [-0.2, -0.15) is 5.26 Å². The lowest BCUT2D eigenvalue weighted by molar-refractivity contribution is 0.0696. The number of carboxylic acid groups (broad SMARTS) is 1. The Morgan fingerprint density at radius 1 is 1.30 bits per heavy atom. The van der Waals surface area contributed by atoms with E-state index in [9.17, 15) is 4.79 Å².